The third-order valence-corrected chi connectivity index (χ3v) is 13.0. The monoisotopic (exact) mass is 1030 g/mol. The van der Waals surface area contributed by atoms with Crippen molar-refractivity contribution >= 4 is 35.3 Å². The van der Waals surface area contributed by atoms with Crippen LogP contribution in [0.15, 0.2) is 97.1 Å². The number of hydrogen-bond acceptors (Lipinski definition) is 10. The van der Waals surface area contributed by atoms with Crippen molar-refractivity contribution in [3.8, 4) is 34.5 Å². The summed E-state index contributed by atoms with van der Waals surface area (Å²) < 4.78 is 23.7. The quantitative estimate of drug-likeness (QED) is 0.0428. The van der Waals surface area contributed by atoms with E-state index in [1.807, 2.05) is 13.8 Å². The Morgan fingerprint density at radius 2 is 0.763 bits per heavy atom. The highest BCUT2D eigenvalue weighted by Gasteiger charge is 2.27. The van der Waals surface area contributed by atoms with E-state index < -0.39 is 23.9 Å². The molecule has 400 valence electrons. The molecule has 0 unspecified atom stereocenters. The van der Waals surface area contributed by atoms with E-state index >= 15 is 0 Å². The fourth-order valence-electron chi connectivity index (χ4n) is 8.88. The molecule has 0 atom stereocenters. The Balaban J connectivity index is 1.37. The van der Waals surface area contributed by atoms with Crippen LogP contribution in [0.2, 0.25) is 0 Å². The molecule has 16 heteroatoms. The molecule has 0 fully saturated rings. The molecule has 1 aliphatic carbocycles. The second kappa shape index (κ2) is 23.9. The zero-order chi connectivity index (χ0) is 54.9. The van der Waals surface area contributed by atoms with Gasteiger partial charge >= 0.3 is 12.1 Å². The maximum atomic E-state index is 13.6. The number of carbonyl (C=O) groups is 4. The maximum Gasteiger partial charge on any atom is 0.337 e. The average Bonchev–Trinajstić information content (AvgIpc) is 3.39. The first-order valence-electron chi connectivity index (χ1n) is 25.5. The highest BCUT2D eigenvalue weighted by Crippen LogP contribution is 2.43. The zero-order valence-electron chi connectivity index (χ0n) is 45.1. The number of hydrazine groups is 2. The van der Waals surface area contributed by atoms with E-state index in [4.69, 9.17) is 18.9 Å². The fourth-order valence-corrected chi connectivity index (χ4v) is 8.88. The predicted octanol–water partition coefficient (Wildman–Crippen LogP) is 10.9. The van der Waals surface area contributed by atoms with Gasteiger partial charge in [-0.2, -0.15) is 0 Å². The molecule has 6 aromatic carbocycles. The van der Waals surface area contributed by atoms with Gasteiger partial charge in [0.25, 0.3) is 11.8 Å². The van der Waals surface area contributed by atoms with E-state index in [1.165, 1.54) is 14.2 Å². The number of ether oxygens (including phenoxy) is 4. The van der Waals surface area contributed by atoms with Crippen LogP contribution in [0, 0.1) is 0 Å². The van der Waals surface area contributed by atoms with E-state index in [1.54, 1.807) is 72.8 Å². The second-order valence-electron chi connectivity index (χ2n) is 21.0. The summed E-state index contributed by atoms with van der Waals surface area (Å²) in [6.07, 6.45) is 2.02. The largest absolute Gasteiger partial charge is 0.507 e. The van der Waals surface area contributed by atoms with E-state index in [-0.39, 0.29) is 48.0 Å². The number of nitrogens with one attached hydrogen (secondary N) is 6. The number of phenols is 2. The minimum Gasteiger partial charge on any atom is -0.507 e. The molecule has 0 aliphatic heterocycles. The topological polar surface area (TPSA) is 218 Å². The van der Waals surface area contributed by atoms with Crippen LogP contribution in [0.25, 0.3) is 0 Å². The summed E-state index contributed by atoms with van der Waals surface area (Å²) in [6, 6.07) is 26.6. The molecule has 7 rings (SSSR count). The number of urea groups is 2. The van der Waals surface area contributed by atoms with Crippen molar-refractivity contribution in [2.75, 3.05) is 38.1 Å². The van der Waals surface area contributed by atoms with Crippen LogP contribution < -0.4 is 51.3 Å². The molecule has 0 heterocycles. The van der Waals surface area contributed by atoms with Crippen molar-refractivity contribution in [1.82, 2.24) is 21.7 Å². The lowest BCUT2D eigenvalue weighted by atomic mass is 9.81. The van der Waals surface area contributed by atoms with Crippen molar-refractivity contribution in [3.05, 3.63) is 164 Å². The van der Waals surface area contributed by atoms with Gasteiger partial charge < -0.3 is 39.8 Å². The molecule has 16 nitrogen and oxygen atoms in total. The molecule has 1 aliphatic rings. The Labute approximate surface area is 444 Å². The van der Waals surface area contributed by atoms with Crippen molar-refractivity contribution < 1.29 is 48.3 Å². The van der Waals surface area contributed by atoms with Gasteiger partial charge in [-0.1, -0.05) is 79.7 Å². The summed E-state index contributed by atoms with van der Waals surface area (Å²) in [5, 5.41) is 30.8. The van der Waals surface area contributed by atoms with Crippen LogP contribution in [0.5, 0.6) is 34.5 Å². The summed E-state index contributed by atoms with van der Waals surface area (Å²) in [4.78, 5) is 53.3. The number of amides is 6. The SMILES string of the molecule is CCCOc1c2cc(C(C)(C)C)cc1Cc1cc(NC(=O)NNC(=O)c3ccc(OC)cc3)cc(c1O)Cc1cc(C(C)(C)C)cc(c1OCCC)Cc1cc(NC(=O)NNC(=O)c3ccc(OC)cc3)cc(c1O)C2. The Bertz CT molecular complexity index is 2800. The summed E-state index contributed by atoms with van der Waals surface area (Å²) >= 11 is 0. The number of phenolic OH excluding ortho intramolecular Hbond substituents is 2. The molecule has 8 bridgehead atoms. The Morgan fingerprint density at radius 3 is 1.03 bits per heavy atom. The summed E-state index contributed by atoms with van der Waals surface area (Å²) in [6.45, 7) is 17.4. The van der Waals surface area contributed by atoms with E-state index in [0.717, 1.165) is 33.4 Å². The number of fused-ring (bicyclic) bond motifs is 8. The molecule has 6 aromatic rings. The lowest BCUT2D eigenvalue weighted by Crippen LogP contribution is -2.43. The molecule has 76 heavy (non-hydrogen) atoms. The van der Waals surface area contributed by atoms with Crippen LogP contribution in [0.1, 0.15) is 145 Å². The maximum absolute atomic E-state index is 13.6. The number of rotatable bonds is 12. The van der Waals surface area contributed by atoms with E-state index in [0.29, 0.717) is 93.8 Å². The van der Waals surface area contributed by atoms with Crippen LogP contribution in [0.3, 0.4) is 0 Å². The summed E-state index contributed by atoms with van der Waals surface area (Å²) in [5.41, 5.74) is 17.3. The second-order valence-corrected chi connectivity index (χ2v) is 21.0. The zero-order valence-corrected chi connectivity index (χ0v) is 45.1. The molecule has 0 aromatic heterocycles. The summed E-state index contributed by atoms with van der Waals surface area (Å²) in [5.74, 6) is 1.26. The third-order valence-electron chi connectivity index (χ3n) is 13.0. The Morgan fingerprint density at radius 1 is 0.461 bits per heavy atom. The smallest absolute Gasteiger partial charge is 0.337 e. The van der Waals surface area contributed by atoms with Gasteiger partial charge in [-0.3, -0.25) is 20.4 Å². The fraction of sp³-hybridized carbons (Fsp3) is 0.333. The predicted molar refractivity (Wildman–Crippen MR) is 295 cm³/mol. The van der Waals surface area contributed by atoms with Gasteiger partial charge in [0.1, 0.15) is 34.5 Å². The van der Waals surface area contributed by atoms with Gasteiger partial charge in [0.05, 0.1) is 27.4 Å². The molecule has 8 N–H and O–H groups in total. The third kappa shape index (κ3) is 13.7. The van der Waals surface area contributed by atoms with Crippen LogP contribution >= 0.6 is 0 Å². The van der Waals surface area contributed by atoms with Crippen LogP contribution in [-0.4, -0.2) is 61.5 Å². The number of anilines is 2. The molecule has 0 saturated carbocycles. The number of hydrogen-bond donors (Lipinski definition) is 8. The Kier molecular flexibility index (Phi) is 17.4. The number of methoxy groups -OCH3 is 2. The molecular weight excluding hydrogens is 965 g/mol. The first kappa shape index (κ1) is 55.4. The van der Waals surface area contributed by atoms with Crippen molar-refractivity contribution in [2.24, 2.45) is 0 Å². The highest BCUT2D eigenvalue weighted by molar-refractivity contribution is 5.98. The lowest BCUT2D eigenvalue weighted by Gasteiger charge is -2.26. The first-order chi connectivity index (χ1) is 36.2. The van der Waals surface area contributed by atoms with Gasteiger partial charge in [0.2, 0.25) is 0 Å². The molecule has 0 spiro atoms. The molecular formula is C60H70N6O10. The Hall–Kier alpha value is -8.40. The van der Waals surface area contributed by atoms with Crippen molar-refractivity contribution in [1.29, 1.82) is 0 Å². The molecule has 0 radical (unpaired) electrons. The van der Waals surface area contributed by atoms with E-state index in [9.17, 15) is 29.4 Å². The lowest BCUT2D eigenvalue weighted by molar-refractivity contribution is 0.0931. The number of benzene rings is 6. The van der Waals surface area contributed by atoms with E-state index in [2.05, 4.69) is 98.1 Å². The minimum absolute atomic E-state index is 0.0243. The van der Waals surface area contributed by atoms with Gasteiger partial charge in [-0.05, 0) is 130 Å². The normalized spacial score (nSPS) is 12.1. The van der Waals surface area contributed by atoms with Gasteiger partial charge in [-0.25, -0.2) is 20.4 Å². The molecule has 0 saturated heterocycles. The number of carbonyl (C=O) groups excluding carboxylic acids is 4. The first-order valence-corrected chi connectivity index (χ1v) is 25.5. The number of aromatic hydroxyl groups is 2. The highest BCUT2D eigenvalue weighted by atomic mass is 16.5. The summed E-state index contributed by atoms with van der Waals surface area (Å²) in [7, 11) is 3.06. The van der Waals surface area contributed by atoms with Gasteiger partial charge in [0, 0.05) is 70.4 Å². The molecule has 6 amide bonds. The van der Waals surface area contributed by atoms with Crippen LogP contribution in [-0.2, 0) is 36.5 Å². The average molecular weight is 1040 g/mol. The minimum atomic E-state index is -0.717. The standard InChI is InChI=1S/C60H70N6O10/c1-11-21-75-53-41-23-37-31-47(61-57(71)65-63-55(69)35-13-17-49(73-9)18-14-35)33-39(51(37)67)25-43-29-46(60(6,7)8)30-44(54(43)76-22-12-2)26-40-34-48(32-38(52(40)68)24-42(53)28-45(27-41)59(3,4)5)62-58(72)66-64-56(70)36-15-19-50(74-10)20-16-36/h13-20,27-34,67-68H,11-12,21-26H2,1-10H3,(H,63,69)(H,64,70)(H2,61,65,71)(H2,62,66,72). The van der Waals surface area contributed by atoms with Crippen LogP contribution in [0.4, 0.5) is 21.0 Å². The van der Waals surface area contributed by atoms with Gasteiger partial charge in [-0.15, -0.1) is 0 Å². The van der Waals surface area contributed by atoms with Crippen molar-refractivity contribution in [2.45, 2.75) is 105 Å². The van der Waals surface area contributed by atoms with Gasteiger partial charge in [0.15, 0.2) is 0 Å². The van der Waals surface area contributed by atoms with Crippen molar-refractivity contribution in [3.63, 3.8) is 0 Å².